The highest BCUT2D eigenvalue weighted by molar-refractivity contribution is 7.91. The van der Waals surface area contributed by atoms with Gasteiger partial charge in [0.15, 0.2) is 9.84 Å². The molecule has 1 heterocycles. The van der Waals surface area contributed by atoms with Crippen molar-refractivity contribution in [3.63, 3.8) is 0 Å². The number of hydrogen-bond acceptors (Lipinski definition) is 4. The van der Waals surface area contributed by atoms with E-state index in [2.05, 4.69) is 0 Å². The molecule has 6 heteroatoms. The molecule has 1 aliphatic rings. The first-order valence-electron chi connectivity index (χ1n) is 5.73. The van der Waals surface area contributed by atoms with E-state index in [1.807, 2.05) is 0 Å². The normalized spacial score (nSPS) is 23.8. The van der Waals surface area contributed by atoms with Crippen LogP contribution in [0, 0.1) is 11.7 Å². The zero-order valence-corrected chi connectivity index (χ0v) is 10.6. The minimum Gasteiger partial charge on any atom is -0.491 e. The number of benzene rings is 1. The predicted molar refractivity (Wildman–Crippen MR) is 64.7 cm³/mol. The number of rotatable bonds is 4. The lowest BCUT2D eigenvalue weighted by Gasteiger charge is -2.17. The molecule has 100 valence electrons. The molecule has 0 radical (unpaired) electrons. The monoisotopic (exact) mass is 274 g/mol. The molecule has 0 aromatic heterocycles. The Morgan fingerprint density at radius 3 is 2.89 bits per heavy atom. The van der Waals surface area contributed by atoms with Gasteiger partial charge in [-0.2, -0.15) is 0 Å². The van der Waals surface area contributed by atoms with E-state index in [-0.39, 0.29) is 24.0 Å². The average molecular weight is 274 g/mol. The van der Waals surface area contributed by atoms with Gasteiger partial charge >= 0.3 is 0 Å². The second-order valence-electron chi connectivity index (χ2n) is 4.50. The van der Waals surface area contributed by atoms with Gasteiger partial charge in [-0.3, -0.25) is 0 Å². The fourth-order valence-electron chi connectivity index (χ4n) is 2.00. The molecular formula is C12H15FO4S. The summed E-state index contributed by atoms with van der Waals surface area (Å²) in [5.41, 5.74) is 0. The van der Waals surface area contributed by atoms with Crippen LogP contribution >= 0.6 is 0 Å². The average Bonchev–Trinajstić information content (AvgIpc) is 2.67. The first-order chi connectivity index (χ1) is 8.46. The quantitative estimate of drug-likeness (QED) is 0.889. The van der Waals surface area contributed by atoms with E-state index < -0.39 is 21.8 Å². The highest BCUT2D eigenvalue weighted by Crippen LogP contribution is 2.22. The maximum Gasteiger partial charge on any atom is 0.150 e. The highest BCUT2D eigenvalue weighted by Gasteiger charge is 2.33. The number of halogens is 1. The van der Waals surface area contributed by atoms with Crippen LogP contribution in [0.25, 0.3) is 0 Å². The third-order valence-electron chi connectivity index (χ3n) is 3.03. The van der Waals surface area contributed by atoms with Gasteiger partial charge in [0.05, 0.1) is 17.6 Å². The number of hydrogen-bond donors (Lipinski definition) is 1. The summed E-state index contributed by atoms with van der Waals surface area (Å²) < 4.78 is 40.6. The van der Waals surface area contributed by atoms with Gasteiger partial charge in [0, 0.05) is 12.0 Å². The molecule has 2 rings (SSSR count). The van der Waals surface area contributed by atoms with Crippen LogP contribution in [0.3, 0.4) is 0 Å². The molecule has 4 nitrogen and oxygen atoms in total. The van der Waals surface area contributed by atoms with Crippen molar-refractivity contribution in [3.05, 3.63) is 30.1 Å². The van der Waals surface area contributed by atoms with Crippen molar-refractivity contribution in [2.75, 3.05) is 18.1 Å². The summed E-state index contributed by atoms with van der Waals surface area (Å²) in [5, 5.41) is 9.83. The lowest BCUT2D eigenvalue weighted by molar-refractivity contribution is 0.0660. The molecule has 1 aromatic carbocycles. The van der Waals surface area contributed by atoms with Crippen molar-refractivity contribution < 1.29 is 22.7 Å². The van der Waals surface area contributed by atoms with Crippen LogP contribution in [-0.2, 0) is 9.84 Å². The van der Waals surface area contributed by atoms with Gasteiger partial charge in [-0.05, 0) is 18.6 Å². The molecule has 1 aliphatic heterocycles. The third kappa shape index (κ3) is 3.43. The maximum atomic E-state index is 12.9. The third-order valence-corrected chi connectivity index (χ3v) is 4.82. The molecule has 18 heavy (non-hydrogen) atoms. The van der Waals surface area contributed by atoms with Crippen molar-refractivity contribution >= 4 is 9.84 Å². The van der Waals surface area contributed by atoms with Crippen molar-refractivity contribution in [1.82, 2.24) is 0 Å². The fraction of sp³-hybridized carbons (Fsp3) is 0.500. The number of aliphatic hydroxyl groups excluding tert-OH is 1. The van der Waals surface area contributed by atoms with Gasteiger partial charge in [-0.1, -0.05) is 6.07 Å². The van der Waals surface area contributed by atoms with E-state index in [9.17, 15) is 17.9 Å². The van der Waals surface area contributed by atoms with E-state index in [1.165, 1.54) is 18.2 Å². The van der Waals surface area contributed by atoms with E-state index in [1.54, 1.807) is 6.07 Å². The van der Waals surface area contributed by atoms with Crippen LogP contribution in [0.2, 0.25) is 0 Å². The zero-order valence-electron chi connectivity index (χ0n) is 9.75. The molecule has 2 atom stereocenters. The lowest BCUT2D eigenvalue weighted by atomic mass is 10.0. The van der Waals surface area contributed by atoms with Crippen molar-refractivity contribution in [1.29, 1.82) is 0 Å². The summed E-state index contributed by atoms with van der Waals surface area (Å²) in [6.45, 7) is -0.0242. The Bertz CT molecular complexity index is 515. The molecule has 0 aliphatic carbocycles. The summed E-state index contributed by atoms with van der Waals surface area (Å²) in [6.07, 6.45) is -0.388. The minimum absolute atomic E-state index is 0.000672. The van der Waals surface area contributed by atoms with Gasteiger partial charge in [0.1, 0.15) is 18.2 Å². The van der Waals surface area contributed by atoms with Crippen LogP contribution in [0.15, 0.2) is 24.3 Å². The van der Waals surface area contributed by atoms with E-state index >= 15 is 0 Å². The molecule has 1 aromatic rings. The molecule has 1 N–H and O–H groups in total. The second kappa shape index (κ2) is 5.24. The summed E-state index contributed by atoms with van der Waals surface area (Å²) in [7, 11) is -3.01. The van der Waals surface area contributed by atoms with Gasteiger partial charge < -0.3 is 9.84 Å². The van der Waals surface area contributed by atoms with Crippen LogP contribution in [-0.4, -0.2) is 37.7 Å². The van der Waals surface area contributed by atoms with Crippen molar-refractivity contribution in [3.8, 4) is 5.75 Å². The summed E-state index contributed by atoms with van der Waals surface area (Å²) in [5.74, 6) is -0.251. The number of ether oxygens (including phenoxy) is 1. The van der Waals surface area contributed by atoms with Gasteiger partial charge in [0.25, 0.3) is 0 Å². The van der Waals surface area contributed by atoms with Crippen LogP contribution in [0.4, 0.5) is 4.39 Å². The van der Waals surface area contributed by atoms with Crippen molar-refractivity contribution in [2.24, 2.45) is 5.92 Å². The predicted octanol–water partition coefficient (Wildman–Crippen LogP) is 1.00. The number of sulfone groups is 1. The van der Waals surface area contributed by atoms with Crippen LogP contribution in [0.1, 0.15) is 6.42 Å². The Balaban J connectivity index is 1.87. The highest BCUT2D eigenvalue weighted by atomic mass is 32.2. The van der Waals surface area contributed by atoms with E-state index in [0.717, 1.165) is 0 Å². The maximum absolute atomic E-state index is 12.9. The Labute approximate surface area is 105 Å². The van der Waals surface area contributed by atoms with Gasteiger partial charge in [0.2, 0.25) is 0 Å². The topological polar surface area (TPSA) is 63.6 Å². The largest absolute Gasteiger partial charge is 0.491 e. The minimum atomic E-state index is -3.01. The first-order valence-corrected chi connectivity index (χ1v) is 7.55. The van der Waals surface area contributed by atoms with Gasteiger partial charge in [-0.15, -0.1) is 0 Å². The first kappa shape index (κ1) is 13.3. The molecule has 0 saturated carbocycles. The molecular weight excluding hydrogens is 259 g/mol. The van der Waals surface area contributed by atoms with E-state index in [0.29, 0.717) is 12.2 Å². The fourth-order valence-corrected chi connectivity index (χ4v) is 3.87. The SMILES string of the molecule is O=S1(=O)CCC(C(O)COc2cccc(F)c2)C1. The number of aliphatic hydroxyl groups is 1. The lowest BCUT2D eigenvalue weighted by Crippen LogP contribution is -2.28. The summed E-state index contributed by atoms with van der Waals surface area (Å²) in [6, 6.07) is 5.61. The molecule has 1 saturated heterocycles. The molecule has 0 amide bonds. The Morgan fingerprint density at radius 1 is 1.50 bits per heavy atom. The standard InChI is InChI=1S/C12H15FO4S/c13-10-2-1-3-11(6-10)17-7-12(14)9-4-5-18(15,16)8-9/h1-3,6,9,12,14H,4-5,7-8H2. The smallest absolute Gasteiger partial charge is 0.150 e. The second-order valence-corrected chi connectivity index (χ2v) is 6.73. The van der Waals surface area contributed by atoms with Crippen LogP contribution in [0.5, 0.6) is 5.75 Å². The summed E-state index contributed by atoms with van der Waals surface area (Å²) >= 11 is 0. The molecule has 0 spiro atoms. The summed E-state index contributed by atoms with van der Waals surface area (Å²) in [4.78, 5) is 0. The van der Waals surface area contributed by atoms with E-state index in [4.69, 9.17) is 4.74 Å². The molecule has 0 bridgehead atoms. The van der Waals surface area contributed by atoms with Crippen molar-refractivity contribution in [2.45, 2.75) is 12.5 Å². The van der Waals surface area contributed by atoms with Gasteiger partial charge in [-0.25, -0.2) is 12.8 Å². The Morgan fingerprint density at radius 2 is 2.28 bits per heavy atom. The zero-order chi connectivity index (χ0) is 13.2. The Kier molecular flexibility index (Phi) is 3.87. The van der Waals surface area contributed by atoms with Crippen LogP contribution < -0.4 is 4.74 Å². The Hall–Kier alpha value is -1.14. The molecule has 2 unspecified atom stereocenters. The molecule has 1 fully saturated rings.